The zero-order valence-corrected chi connectivity index (χ0v) is 8.43. The first-order chi connectivity index (χ1) is 4.79. The third-order valence-corrected chi connectivity index (χ3v) is 4.80. The van der Waals surface area contributed by atoms with E-state index in [4.69, 9.17) is 0 Å². The van der Waals surface area contributed by atoms with Gasteiger partial charge in [0.1, 0.15) is 0 Å². The lowest BCUT2D eigenvalue weighted by Crippen LogP contribution is -1.99. The van der Waals surface area contributed by atoms with Gasteiger partial charge in [-0.1, -0.05) is 35.4 Å². The van der Waals surface area contributed by atoms with Crippen LogP contribution in [-0.4, -0.2) is 11.0 Å². The second kappa shape index (κ2) is 4.55. The van der Waals surface area contributed by atoms with Crippen LogP contribution in [-0.2, 0) is 0 Å². The summed E-state index contributed by atoms with van der Waals surface area (Å²) >= 11 is 0. The predicted molar refractivity (Wildman–Crippen MR) is 52.5 cm³/mol. The van der Waals surface area contributed by atoms with Crippen molar-refractivity contribution in [1.29, 1.82) is 0 Å². The molecule has 2 heteroatoms. The molecule has 0 radical (unpaired) electrons. The summed E-state index contributed by atoms with van der Waals surface area (Å²) in [6.07, 6.45) is 4.30. The smallest absolute Gasteiger partial charge is 0.0159 e. The van der Waals surface area contributed by atoms with Crippen LogP contribution in [0.2, 0.25) is 0 Å². The Morgan fingerprint density at radius 2 is 2.30 bits per heavy atom. The quantitative estimate of drug-likeness (QED) is 0.603. The number of hydrogen-bond acceptors (Lipinski definition) is 2. The summed E-state index contributed by atoms with van der Waals surface area (Å²) in [6.45, 7) is 4.62. The Hall–Kier alpha value is 0.700. The Balaban J connectivity index is 2.01. The van der Waals surface area contributed by atoms with Crippen LogP contribution in [0.25, 0.3) is 0 Å². The van der Waals surface area contributed by atoms with Gasteiger partial charge in [-0.25, -0.2) is 0 Å². The van der Waals surface area contributed by atoms with E-state index < -0.39 is 0 Å². The van der Waals surface area contributed by atoms with Gasteiger partial charge in [-0.3, -0.25) is 0 Å². The average molecular weight is 176 g/mol. The summed E-state index contributed by atoms with van der Waals surface area (Å²) in [5.41, 5.74) is 0. The fraction of sp³-hybridized carbons (Fsp3) is 1.00. The highest BCUT2D eigenvalue weighted by molar-refractivity contribution is 8.77. The van der Waals surface area contributed by atoms with Crippen LogP contribution in [0.3, 0.4) is 0 Å². The fourth-order valence-corrected chi connectivity index (χ4v) is 4.08. The van der Waals surface area contributed by atoms with E-state index in [1.807, 2.05) is 0 Å². The molecule has 0 amide bonds. The molecule has 0 N–H and O–H groups in total. The average Bonchev–Trinajstić information content (AvgIpc) is 2.34. The van der Waals surface area contributed by atoms with Crippen LogP contribution in [0.15, 0.2) is 0 Å². The van der Waals surface area contributed by atoms with Crippen molar-refractivity contribution < 1.29 is 0 Å². The van der Waals surface area contributed by atoms with Crippen molar-refractivity contribution in [3.8, 4) is 0 Å². The highest BCUT2D eigenvalue weighted by atomic mass is 33.1. The van der Waals surface area contributed by atoms with E-state index in [2.05, 4.69) is 35.4 Å². The summed E-state index contributed by atoms with van der Waals surface area (Å²) < 4.78 is 0. The molecule has 1 rings (SSSR count). The third-order valence-electron chi connectivity index (χ3n) is 1.79. The Bertz CT molecular complexity index is 85.3. The lowest BCUT2D eigenvalue weighted by atomic mass is 10.1. The molecule has 1 fully saturated rings. The molecule has 1 atom stereocenters. The van der Waals surface area contributed by atoms with Crippen LogP contribution in [0.1, 0.15) is 33.1 Å². The lowest BCUT2D eigenvalue weighted by molar-refractivity contribution is 0.544. The molecular weight excluding hydrogens is 160 g/mol. The monoisotopic (exact) mass is 176 g/mol. The molecule has 0 aromatic carbocycles. The molecule has 60 valence electrons. The van der Waals surface area contributed by atoms with Gasteiger partial charge in [-0.2, -0.15) is 0 Å². The third kappa shape index (κ3) is 3.20. The van der Waals surface area contributed by atoms with Gasteiger partial charge >= 0.3 is 0 Å². The summed E-state index contributed by atoms with van der Waals surface area (Å²) in [5, 5.41) is 0.979. The second-order valence-corrected chi connectivity index (χ2v) is 6.09. The molecule has 0 nitrogen and oxygen atoms in total. The van der Waals surface area contributed by atoms with Crippen LogP contribution < -0.4 is 0 Å². The summed E-state index contributed by atoms with van der Waals surface area (Å²) in [5.74, 6) is 2.28. The molecule has 1 unspecified atom stereocenters. The minimum absolute atomic E-state index is 0.895. The van der Waals surface area contributed by atoms with Gasteiger partial charge in [-0.05, 0) is 25.2 Å². The molecule has 10 heavy (non-hydrogen) atoms. The van der Waals surface area contributed by atoms with Gasteiger partial charge in [0.25, 0.3) is 0 Å². The highest BCUT2D eigenvalue weighted by Gasteiger charge is 2.15. The molecule has 0 aromatic rings. The fourth-order valence-electron chi connectivity index (χ4n) is 1.08. The van der Waals surface area contributed by atoms with Crippen molar-refractivity contribution in [2.75, 3.05) is 5.75 Å². The van der Waals surface area contributed by atoms with Gasteiger partial charge in [0.05, 0.1) is 0 Å². The second-order valence-electron chi connectivity index (χ2n) is 3.30. The maximum atomic E-state index is 2.31. The van der Waals surface area contributed by atoms with Crippen LogP contribution >= 0.6 is 21.6 Å². The number of hydrogen-bond donors (Lipinski definition) is 0. The Morgan fingerprint density at radius 3 is 2.80 bits per heavy atom. The Labute approximate surface area is 71.9 Å². The molecule has 1 aliphatic rings. The Kier molecular flexibility index (Phi) is 4.00. The van der Waals surface area contributed by atoms with Gasteiger partial charge in [0.2, 0.25) is 0 Å². The van der Waals surface area contributed by atoms with Crippen molar-refractivity contribution in [3.05, 3.63) is 0 Å². The standard InChI is InChI=1S/C8H16S2/c1-7(2)3-4-8-5-6-9-10-8/h7-8H,3-6H2,1-2H3. The van der Waals surface area contributed by atoms with E-state index in [9.17, 15) is 0 Å². The molecule has 0 aliphatic carbocycles. The van der Waals surface area contributed by atoms with Gasteiger partial charge in [0, 0.05) is 11.0 Å². The van der Waals surface area contributed by atoms with E-state index in [-0.39, 0.29) is 0 Å². The molecule has 1 aliphatic heterocycles. The first-order valence-corrected chi connectivity index (χ1v) is 6.45. The molecule has 0 bridgehead atoms. The first-order valence-electron chi connectivity index (χ1n) is 4.07. The van der Waals surface area contributed by atoms with Crippen molar-refractivity contribution >= 4 is 21.6 Å². The molecule has 0 saturated carbocycles. The maximum absolute atomic E-state index is 2.31. The van der Waals surface area contributed by atoms with Crippen molar-refractivity contribution in [3.63, 3.8) is 0 Å². The molecular formula is C8H16S2. The summed E-state index contributed by atoms with van der Waals surface area (Å²) in [7, 11) is 4.15. The molecule has 0 aromatic heterocycles. The van der Waals surface area contributed by atoms with Gasteiger partial charge in [0.15, 0.2) is 0 Å². The topological polar surface area (TPSA) is 0 Å². The molecule has 0 spiro atoms. The normalized spacial score (nSPS) is 26.1. The minimum atomic E-state index is 0.895. The first kappa shape index (κ1) is 8.79. The lowest BCUT2D eigenvalue weighted by Gasteiger charge is -2.08. The van der Waals surface area contributed by atoms with E-state index in [1.54, 1.807) is 0 Å². The maximum Gasteiger partial charge on any atom is 0.0159 e. The highest BCUT2D eigenvalue weighted by Crippen LogP contribution is 2.40. The summed E-state index contributed by atoms with van der Waals surface area (Å²) in [6, 6.07) is 0. The van der Waals surface area contributed by atoms with Crippen LogP contribution in [0.4, 0.5) is 0 Å². The van der Waals surface area contributed by atoms with Gasteiger partial charge in [-0.15, -0.1) is 0 Å². The van der Waals surface area contributed by atoms with E-state index in [0.717, 1.165) is 11.2 Å². The van der Waals surface area contributed by atoms with Crippen molar-refractivity contribution in [1.82, 2.24) is 0 Å². The van der Waals surface area contributed by atoms with E-state index >= 15 is 0 Å². The van der Waals surface area contributed by atoms with Crippen molar-refractivity contribution in [2.45, 2.75) is 38.4 Å². The largest absolute Gasteiger partial charge is 0.0938 e. The van der Waals surface area contributed by atoms with Crippen LogP contribution in [0.5, 0.6) is 0 Å². The minimum Gasteiger partial charge on any atom is -0.0938 e. The zero-order chi connectivity index (χ0) is 7.40. The number of rotatable bonds is 3. The van der Waals surface area contributed by atoms with Crippen molar-refractivity contribution in [2.24, 2.45) is 5.92 Å². The van der Waals surface area contributed by atoms with Crippen LogP contribution in [0, 0.1) is 5.92 Å². The van der Waals surface area contributed by atoms with E-state index in [0.29, 0.717) is 0 Å². The SMILES string of the molecule is CC(C)CCC1CCSS1. The van der Waals surface area contributed by atoms with Gasteiger partial charge < -0.3 is 0 Å². The predicted octanol–water partition coefficient (Wildman–Crippen LogP) is 3.58. The molecule has 1 heterocycles. The Morgan fingerprint density at radius 1 is 1.50 bits per heavy atom. The summed E-state index contributed by atoms with van der Waals surface area (Å²) in [4.78, 5) is 0. The zero-order valence-electron chi connectivity index (χ0n) is 6.80. The molecule has 1 saturated heterocycles. The van der Waals surface area contributed by atoms with E-state index in [1.165, 1.54) is 25.0 Å².